The van der Waals surface area contributed by atoms with Crippen LogP contribution in [0.2, 0.25) is 0 Å². The maximum Gasteiger partial charge on any atom is 0.246 e. The fourth-order valence-electron chi connectivity index (χ4n) is 3.48. The van der Waals surface area contributed by atoms with Gasteiger partial charge in [-0.2, -0.15) is 4.98 Å². The van der Waals surface area contributed by atoms with Gasteiger partial charge in [0, 0.05) is 12.1 Å². The van der Waals surface area contributed by atoms with E-state index >= 15 is 0 Å². The Bertz CT molecular complexity index is 1140. The molecule has 0 N–H and O–H groups in total. The maximum absolute atomic E-state index is 12.9. The van der Waals surface area contributed by atoms with Gasteiger partial charge in [-0.05, 0) is 36.2 Å². The summed E-state index contributed by atoms with van der Waals surface area (Å²) in [6.45, 7) is 4.86. The van der Waals surface area contributed by atoms with Crippen molar-refractivity contribution in [1.82, 2.24) is 15.0 Å². The first-order chi connectivity index (χ1) is 14.1. The summed E-state index contributed by atoms with van der Waals surface area (Å²) in [7, 11) is 0. The Kier molecular flexibility index (Phi) is 5.38. The molecule has 0 spiro atoms. The van der Waals surface area contributed by atoms with Crippen molar-refractivity contribution in [2.75, 3.05) is 6.54 Å². The van der Waals surface area contributed by atoms with E-state index in [1.54, 1.807) is 4.90 Å². The Labute approximate surface area is 170 Å². The minimum Gasteiger partial charge on any atom is -0.337 e. The molecule has 0 saturated heterocycles. The van der Waals surface area contributed by atoms with Crippen LogP contribution in [0.5, 0.6) is 0 Å². The molecule has 0 fully saturated rings. The smallest absolute Gasteiger partial charge is 0.246 e. The number of carbonyl (C=O) groups excluding carboxylic acids is 1. The minimum atomic E-state index is 0.0409. The Hall–Kier alpha value is -3.47. The van der Waals surface area contributed by atoms with Gasteiger partial charge in [0.25, 0.3) is 0 Å². The van der Waals surface area contributed by atoms with Crippen LogP contribution in [0.4, 0.5) is 0 Å². The first kappa shape index (κ1) is 18.9. The average molecular weight is 385 g/mol. The Morgan fingerprint density at radius 3 is 2.66 bits per heavy atom. The second-order valence-electron chi connectivity index (χ2n) is 7.10. The number of hydrogen-bond acceptors (Lipinski definition) is 4. The third-order valence-electron chi connectivity index (χ3n) is 5.03. The topological polar surface area (TPSA) is 59.2 Å². The number of amides is 1. The van der Waals surface area contributed by atoms with Crippen LogP contribution >= 0.6 is 0 Å². The van der Waals surface area contributed by atoms with Crippen molar-refractivity contribution in [3.8, 4) is 11.4 Å². The first-order valence-corrected chi connectivity index (χ1v) is 9.78. The molecule has 5 nitrogen and oxygen atoms in total. The number of aryl methyl sites for hydroxylation is 1. The molecule has 3 aromatic carbocycles. The number of benzene rings is 3. The molecule has 4 aromatic rings. The second kappa shape index (κ2) is 8.27. The molecule has 29 heavy (non-hydrogen) atoms. The fourth-order valence-corrected chi connectivity index (χ4v) is 3.48. The molecule has 0 aliphatic heterocycles. The lowest BCUT2D eigenvalue weighted by Gasteiger charge is -2.19. The molecule has 0 aliphatic rings. The van der Waals surface area contributed by atoms with Gasteiger partial charge in [-0.1, -0.05) is 71.4 Å². The van der Waals surface area contributed by atoms with Gasteiger partial charge < -0.3 is 9.42 Å². The van der Waals surface area contributed by atoms with E-state index in [4.69, 9.17) is 4.52 Å². The Balaban J connectivity index is 1.50. The lowest BCUT2D eigenvalue weighted by Crippen LogP contribution is -2.31. The molecule has 0 saturated carbocycles. The fraction of sp³-hybridized carbons (Fsp3) is 0.208. The van der Waals surface area contributed by atoms with E-state index in [0.29, 0.717) is 31.2 Å². The number of fused-ring (bicyclic) bond motifs is 1. The van der Waals surface area contributed by atoms with Crippen LogP contribution in [0.25, 0.3) is 22.2 Å². The van der Waals surface area contributed by atoms with Crippen molar-refractivity contribution in [3.63, 3.8) is 0 Å². The molecule has 5 heteroatoms. The van der Waals surface area contributed by atoms with Gasteiger partial charge in [-0.25, -0.2) is 0 Å². The molecular weight excluding hydrogens is 362 g/mol. The van der Waals surface area contributed by atoms with Gasteiger partial charge in [0.15, 0.2) is 0 Å². The molecule has 0 atom stereocenters. The highest BCUT2D eigenvalue weighted by Gasteiger charge is 2.18. The first-order valence-electron chi connectivity index (χ1n) is 9.78. The van der Waals surface area contributed by atoms with Crippen molar-refractivity contribution in [2.24, 2.45) is 0 Å². The summed E-state index contributed by atoms with van der Waals surface area (Å²) in [5.41, 5.74) is 3.07. The molecule has 0 radical (unpaired) electrons. The number of hydrogen-bond donors (Lipinski definition) is 0. The summed E-state index contributed by atoms with van der Waals surface area (Å²) >= 11 is 0. The number of carbonyl (C=O) groups is 1. The summed E-state index contributed by atoms with van der Waals surface area (Å²) < 4.78 is 5.41. The zero-order valence-electron chi connectivity index (χ0n) is 16.6. The van der Waals surface area contributed by atoms with E-state index < -0.39 is 0 Å². The lowest BCUT2D eigenvalue weighted by atomic mass is 10.0. The molecule has 0 bridgehead atoms. The van der Waals surface area contributed by atoms with E-state index in [1.807, 2.05) is 62.4 Å². The van der Waals surface area contributed by atoms with Crippen molar-refractivity contribution in [2.45, 2.75) is 26.8 Å². The van der Waals surface area contributed by atoms with Gasteiger partial charge in [0.1, 0.15) is 0 Å². The highest BCUT2D eigenvalue weighted by Crippen LogP contribution is 2.21. The molecular formula is C24H23N3O2. The predicted octanol–water partition coefficient (Wildman–Crippen LogP) is 4.79. The average Bonchev–Trinajstić information content (AvgIpc) is 3.21. The molecule has 0 unspecified atom stereocenters. The normalized spacial score (nSPS) is 11.0. The minimum absolute atomic E-state index is 0.0409. The predicted molar refractivity (Wildman–Crippen MR) is 113 cm³/mol. The third-order valence-corrected chi connectivity index (χ3v) is 5.03. The summed E-state index contributed by atoms with van der Waals surface area (Å²) in [5.74, 6) is 1.02. The van der Waals surface area contributed by atoms with Crippen molar-refractivity contribution >= 4 is 16.7 Å². The standard InChI is InChI=1S/C24H23N3O2/c1-3-27(16-22-25-24(26-29-22)20-12-6-8-17(2)14-20)23(28)15-19-11-7-10-18-9-4-5-13-21(18)19/h4-14H,3,15-16H2,1-2H3. The zero-order chi connectivity index (χ0) is 20.2. The van der Waals surface area contributed by atoms with Crippen LogP contribution in [-0.2, 0) is 17.8 Å². The maximum atomic E-state index is 12.9. The second-order valence-corrected chi connectivity index (χ2v) is 7.10. The van der Waals surface area contributed by atoms with Crippen molar-refractivity contribution in [1.29, 1.82) is 0 Å². The summed E-state index contributed by atoms with van der Waals surface area (Å²) in [4.78, 5) is 19.2. The highest BCUT2D eigenvalue weighted by atomic mass is 16.5. The van der Waals surface area contributed by atoms with Gasteiger partial charge >= 0.3 is 0 Å². The monoisotopic (exact) mass is 385 g/mol. The highest BCUT2D eigenvalue weighted by molar-refractivity contribution is 5.90. The van der Waals surface area contributed by atoms with E-state index in [2.05, 4.69) is 28.3 Å². The molecule has 1 amide bonds. The van der Waals surface area contributed by atoms with Gasteiger partial charge in [0.2, 0.25) is 17.6 Å². The molecule has 1 aromatic heterocycles. The Morgan fingerprint density at radius 1 is 1.03 bits per heavy atom. The SMILES string of the molecule is CCN(Cc1nc(-c2cccc(C)c2)no1)C(=O)Cc1cccc2ccccc12. The molecule has 0 aliphatic carbocycles. The largest absolute Gasteiger partial charge is 0.337 e. The Morgan fingerprint density at radius 2 is 1.83 bits per heavy atom. The van der Waals surface area contributed by atoms with Gasteiger partial charge in [-0.15, -0.1) is 0 Å². The van der Waals surface area contributed by atoms with Crippen LogP contribution in [0, 0.1) is 6.92 Å². The van der Waals surface area contributed by atoms with Crippen molar-refractivity contribution in [3.05, 3.63) is 83.7 Å². The van der Waals surface area contributed by atoms with E-state index in [-0.39, 0.29) is 5.91 Å². The van der Waals surface area contributed by atoms with E-state index in [1.165, 1.54) is 0 Å². The molecule has 146 valence electrons. The van der Waals surface area contributed by atoms with Crippen LogP contribution < -0.4 is 0 Å². The lowest BCUT2D eigenvalue weighted by molar-refractivity contribution is -0.131. The van der Waals surface area contributed by atoms with Crippen LogP contribution in [0.3, 0.4) is 0 Å². The summed E-state index contributed by atoms with van der Waals surface area (Å²) in [5, 5.41) is 6.32. The zero-order valence-corrected chi connectivity index (χ0v) is 16.6. The van der Waals surface area contributed by atoms with Crippen LogP contribution in [0.15, 0.2) is 71.3 Å². The van der Waals surface area contributed by atoms with Crippen LogP contribution in [-0.4, -0.2) is 27.5 Å². The van der Waals surface area contributed by atoms with Crippen LogP contribution in [0.1, 0.15) is 23.9 Å². The number of likely N-dealkylation sites (N-methyl/N-ethyl adjacent to an activating group) is 1. The summed E-state index contributed by atoms with van der Waals surface area (Å²) in [6.07, 6.45) is 0.341. The third kappa shape index (κ3) is 4.19. The van der Waals surface area contributed by atoms with E-state index in [0.717, 1.165) is 27.5 Å². The van der Waals surface area contributed by atoms with Gasteiger partial charge in [0.05, 0.1) is 13.0 Å². The van der Waals surface area contributed by atoms with Gasteiger partial charge in [-0.3, -0.25) is 4.79 Å². The molecule has 4 rings (SSSR count). The number of nitrogens with zero attached hydrogens (tertiary/aromatic N) is 3. The van der Waals surface area contributed by atoms with Crippen molar-refractivity contribution < 1.29 is 9.32 Å². The molecule has 1 heterocycles. The summed E-state index contributed by atoms with van der Waals surface area (Å²) in [6, 6.07) is 22.1. The number of rotatable bonds is 6. The number of aromatic nitrogens is 2. The van der Waals surface area contributed by atoms with E-state index in [9.17, 15) is 4.79 Å². The quantitative estimate of drug-likeness (QED) is 0.479.